The van der Waals surface area contributed by atoms with Crippen molar-refractivity contribution in [3.05, 3.63) is 64.4 Å². The first-order chi connectivity index (χ1) is 13.2. The molecule has 1 heterocycles. The van der Waals surface area contributed by atoms with Crippen LogP contribution in [0.1, 0.15) is 18.1 Å². The fraction of sp³-hybridized carbons (Fsp3) is 0.158. The van der Waals surface area contributed by atoms with Crippen LogP contribution < -0.4 is 10.6 Å². The predicted octanol–water partition coefficient (Wildman–Crippen LogP) is 2.76. The third kappa shape index (κ3) is 3.52. The van der Waals surface area contributed by atoms with E-state index >= 15 is 0 Å². The van der Waals surface area contributed by atoms with Gasteiger partial charge in [0.1, 0.15) is 17.9 Å². The largest absolute Gasteiger partial charge is 0.325 e. The van der Waals surface area contributed by atoms with E-state index in [1.165, 1.54) is 31.2 Å². The lowest BCUT2D eigenvalue weighted by Crippen LogP contribution is -2.42. The first kappa shape index (κ1) is 19.3. The highest BCUT2D eigenvalue weighted by molar-refractivity contribution is 6.30. The molecular weight excluding hydrogens is 387 g/mol. The highest BCUT2D eigenvalue weighted by Crippen LogP contribution is 2.29. The molecule has 4 amide bonds. The van der Waals surface area contributed by atoms with Gasteiger partial charge >= 0.3 is 6.03 Å². The van der Waals surface area contributed by atoms with E-state index in [9.17, 15) is 18.8 Å². The van der Waals surface area contributed by atoms with E-state index in [2.05, 4.69) is 10.6 Å². The monoisotopic (exact) mass is 400 g/mol. The first-order valence-corrected chi connectivity index (χ1v) is 8.52. The summed E-state index contributed by atoms with van der Waals surface area (Å²) in [4.78, 5) is 38.0. The Morgan fingerprint density at radius 2 is 1.96 bits per heavy atom. The number of nitrogens with one attached hydrogen (secondary N) is 2. The van der Waals surface area contributed by atoms with E-state index in [0.717, 1.165) is 11.0 Å². The molecule has 2 N–H and O–H groups in total. The lowest BCUT2D eigenvalue weighted by molar-refractivity contribution is -0.133. The number of halogens is 2. The second kappa shape index (κ2) is 7.29. The second-order valence-corrected chi connectivity index (χ2v) is 6.74. The number of amides is 4. The number of nitrogens with zero attached hydrogens (tertiary/aromatic N) is 2. The summed E-state index contributed by atoms with van der Waals surface area (Å²) < 4.78 is 13.8. The number of hydrogen-bond acceptors (Lipinski definition) is 4. The van der Waals surface area contributed by atoms with Crippen molar-refractivity contribution in [3.8, 4) is 6.07 Å². The highest BCUT2D eigenvalue weighted by Gasteiger charge is 2.49. The van der Waals surface area contributed by atoms with Gasteiger partial charge in [-0.1, -0.05) is 23.7 Å². The van der Waals surface area contributed by atoms with Crippen LogP contribution in [0.4, 0.5) is 14.9 Å². The van der Waals surface area contributed by atoms with Gasteiger partial charge in [0, 0.05) is 5.02 Å². The summed E-state index contributed by atoms with van der Waals surface area (Å²) in [5.41, 5.74) is -0.616. The van der Waals surface area contributed by atoms with E-state index in [4.69, 9.17) is 16.9 Å². The van der Waals surface area contributed by atoms with Crippen molar-refractivity contribution in [1.29, 1.82) is 5.26 Å². The fourth-order valence-electron chi connectivity index (χ4n) is 2.84. The topological polar surface area (TPSA) is 102 Å². The Kier molecular flexibility index (Phi) is 5.03. The molecule has 1 saturated heterocycles. The quantitative estimate of drug-likeness (QED) is 0.770. The predicted molar refractivity (Wildman–Crippen MR) is 98.8 cm³/mol. The van der Waals surface area contributed by atoms with Gasteiger partial charge in [-0.05, 0) is 42.8 Å². The molecule has 2 aromatic carbocycles. The fourth-order valence-corrected chi connectivity index (χ4v) is 3.00. The van der Waals surface area contributed by atoms with Crippen LogP contribution in [0.2, 0.25) is 5.02 Å². The van der Waals surface area contributed by atoms with E-state index < -0.39 is 35.7 Å². The molecular formula is C19H14ClFN4O3. The lowest BCUT2D eigenvalue weighted by atomic mass is 9.91. The standard InChI is InChI=1S/C19H14ClFN4O3/c1-19(12-4-2-11(9-22)3-5-12)17(27)25(18(28)24-19)10-16(26)23-15-7-6-13(20)8-14(15)21/h2-8H,10H2,1H3,(H,23,26)(H,24,28). The zero-order chi connectivity index (χ0) is 20.5. The summed E-state index contributed by atoms with van der Waals surface area (Å²) in [7, 11) is 0. The van der Waals surface area contributed by atoms with Crippen molar-refractivity contribution in [3.63, 3.8) is 0 Å². The molecule has 142 valence electrons. The van der Waals surface area contributed by atoms with E-state index in [1.54, 1.807) is 12.1 Å². The summed E-state index contributed by atoms with van der Waals surface area (Å²) >= 11 is 5.66. The van der Waals surface area contributed by atoms with Crippen molar-refractivity contribution in [2.75, 3.05) is 11.9 Å². The Balaban J connectivity index is 1.76. The van der Waals surface area contributed by atoms with Crippen LogP contribution in [0.15, 0.2) is 42.5 Å². The highest BCUT2D eigenvalue weighted by atomic mass is 35.5. The van der Waals surface area contributed by atoms with Crippen LogP contribution in [0.5, 0.6) is 0 Å². The van der Waals surface area contributed by atoms with Gasteiger partial charge in [0.05, 0.1) is 17.3 Å². The van der Waals surface area contributed by atoms with Crippen LogP contribution in [0, 0.1) is 17.1 Å². The number of imide groups is 1. The minimum atomic E-state index is -1.38. The van der Waals surface area contributed by atoms with Crippen molar-refractivity contribution in [1.82, 2.24) is 10.2 Å². The molecule has 1 atom stereocenters. The molecule has 1 aliphatic rings. The summed E-state index contributed by atoms with van der Waals surface area (Å²) in [5.74, 6) is -2.11. The van der Waals surface area contributed by atoms with Crippen molar-refractivity contribution < 1.29 is 18.8 Å². The van der Waals surface area contributed by atoms with Gasteiger partial charge in [-0.25, -0.2) is 9.18 Å². The zero-order valence-corrected chi connectivity index (χ0v) is 15.4. The minimum Gasteiger partial charge on any atom is -0.322 e. The van der Waals surface area contributed by atoms with Gasteiger partial charge in [-0.15, -0.1) is 0 Å². The third-order valence-electron chi connectivity index (χ3n) is 4.37. The maximum absolute atomic E-state index is 13.8. The van der Waals surface area contributed by atoms with Gasteiger partial charge in [-0.3, -0.25) is 14.5 Å². The van der Waals surface area contributed by atoms with Gasteiger partial charge in [0.15, 0.2) is 0 Å². The van der Waals surface area contributed by atoms with Crippen LogP contribution in [-0.4, -0.2) is 29.3 Å². The van der Waals surface area contributed by atoms with Crippen molar-refractivity contribution >= 4 is 35.1 Å². The molecule has 3 rings (SSSR count). The maximum atomic E-state index is 13.8. The molecule has 0 radical (unpaired) electrons. The number of rotatable bonds is 4. The first-order valence-electron chi connectivity index (χ1n) is 8.14. The Hall–Kier alpha value is -3.44. The molecule has 9 heteroatoms. The molecule has 0 saturated carbocycles. The van der Waals surface area contributed by atoms with Crippen molar-refractivity contribution in [2.45, 2.75) is 12.5 Å². The smallest absolute Gasteiger partial charge is 0.322 e. The summed E-state index contributed by atoms with van der Waals surface area (Å²) in [6.07, 6.45) is 0. The van der Waals surface area contributed by atoms with Gasteiger partial charge in [-0.2, -0.15) is 5.26 Å². The third-order valence-corrected chi connectivity index (χ3v) is 4.61. The molecule has 2 aromatic rings. The summed E-state index contributed by atoms with van der Waals surface area (Å²) in [6, 6.07) is 11.1. The number of hydrogen-bond donors (Lipinski definition) is 2. The molecule has 0 spiro atoms. The van der Waals surface area contributed by atoms with Crippen LogP contribution in [-0.2, 0) is 15.1 Å². The number of anilines is 1. The lowest BCUT2D eigenvalue weighted by Gasteiger charge is -2.22. The Morgan fingerprint density at radius 1 is 1.29 bits per heavy atom. The summed E-state index contributed by atoms with van der Waals surface area (Å²) in [6.45, 7) is 0.921. The molecule has 1 fully saturated rings. The van der Waals surface area contributed by atoms with E-state index in [-0.39, 0.29) is 10.7 Å². The van der Waals surface area contributed by atoms with Crippen LogP contribution >= 0.6 is 11.6 Å². The average Bonchev–Trinajstić information content (AvgIpc) is 2.88. The van der Waals surface area contributed by atoms with Crippen molar-refractivity contribution in [2.24, 2.45) is 0 Å². The van der Waals surface area contributed by atoms with Crippen LogP contribution in [0.3, 0.4) is 0 Å². The Labute approximate surface area is 164 Å². The molecule has 0 bridgehead atoms. The maximum Gasteiger partial charge on any atom is 0.325 e. The molecule has 0 aromatic heterocycles. The van der Waals surface area contributed by atoms with Gasteiger partial charge in [0.25, 0.3) is 5.91 Å². The number of nitriles is 1. The van der Waals surface area contributed by atoms with Gasteiger partial charge in [0.2, 0.25) is 5.91 Å². The van der Waals surface area contributed by atoms with E-state index in [1.807, 2.05) is 6.07 Å². The number of carbonyl (C=O) groups excluding carboxylic acids is 3. The Morgan fingerprint density at radius 3 is 2.57 bits per heavy atom. The molecule has 28 heavy (non-hydrogen) atoms. The van der Waals surface area contributed by atoms with Gasteiger partial charge < -0.3 is 10.6 Å². The Bertz CT molecular complexity index is 1020. The molecule has 7 nitrogen and oxygen atoms in total. The normalized spacial score (nSPS) is 18.6. The second-order valence-electron chi connectivity index (χ2n) is 6.31. The van der Waals surface area contributed by atoms with E-state index in [0.29, 0.717) is 11.1 Å². The number of urea groups is 1. The molecule has 1 aliphatic heterocycles. The zero-order valence-electron chi connectivity index (χ0n) is 14.6. The van der Waals surface area contributed by atoms with Crippen LogP contribution in [0.25, 0.3) is 0 Å². The summed E-state index contributed by atoms with van der Waals surface area (Å²) in [5, 5.41) is 13.9. The minimum absolute atomic E-state index is 0.115. The average molecular weight is 401 g/mol. The molecule has 0 aliphatic carbocycles. The SMILES string of the molecule is CC1(c2ccc(C#N)cc2)NC(=O)N(CC(=O)Nc2ccc(Cl)cc2F)C1=O. The number of carbonyl (C=O) groups is 3. The molecule has 1 unspecified atom stereocenters. The number of benzene rings is 2.